The first-order chi connectivity index (χ1) is 6.48. The standard InChI is InChI=1S/C6H4I3N5/c7-6(8,9)5-13-3(10)2-4(14-5)12-1-11-2/h1H,(H3,10,11,12,13,14). The molecule has 0 aliphatic carbocycles. The first kappa shape index (κ1) is 11.0. The van der Waals surface area contributed by atoms with Crippen molar-refractivity contribution in [1.82, 2.24) is 19.9 Å². The molecule has 0 radical (unpaired) electrons. The fourth-order valence-corrected chi connectivity index (χ4v) is 1.71. The minimum atomic E-state index is -0.200. The first-order valence-electron chi connectivity index (χ1n) is 3.52. The summed E-state index contributed by atoms with van der Waals surface area (Å²) >= 11 is 6.73. The van der Waals surface area contributed by atoms with Gasteiger partial charge in [-0.05, 0) is 67.8 Å². The molecule has 0 bridgehead atoms. The zero-order valence-corrected chi connectivity index (χ0v) is 13.1. The predicted molar refractivity (Wildman–Crippen MR) is 79.8 cm³/mol. The molecule has 14 heavy (non-hydrogen) atoms. The van der Waals surface area contributed by atoms with Crippen LogP contribution in [0.4, 0.5) is 5.82 Å². The fourth-order valence-electron chi connectivity index (χ4n) is 0.982. The maximum absolute atomic E-state index is 5.77. The van der Waals surface area contributed by atoms with Gasteiger partial charge in [-0.2, -0.15) is 0 Å². The Morgan fingerprint density at radius 1 is 1.29 bits per heavy atom. The molecule has 0 fully saturated rings. The number of anilines is 1. The van der Waals surface area contributed by atoms with E-state index in [2.05, 4.69) is 87.7 Å². The molecule has 0 amide bonds. The number of nitrogens with two attached hydrogens (primary N) is 1. The number of fused-ring (bicyclic) bond motifs is 1. The second-order valence-electron chi connectivity index (χ2n) is 2.53. The molecule has 0 aromatic carbocycles. The van der Waals surface area contributed by atoms with E-state index in [0.717, 1.165) is 0 Å². The van der Waals surface area contributed by atoms with Crippen LogP contribution in [-0.2, 0) is -0.565 Å². The van der Waals surface area contributed by atoms with E-state index in [-0.39, 0.29) is -0.565 Å². The van der Waals surface area contributed by atoms with Gasteiger partial charge in [0.05, 0.1) is 6.33 Å². The SMILES string of the molecule is Nc1nc(C(I)(I)I)nc2nc[nH]c12. The number of hydrogen-bond acceptors (Lipinski definition) is 4. The lowest BCUT2D eigenvalue weighted by Gasteiger charge is -2.10. The van der Waals surface area contributed by atoms with Gasteiger partial charge in [-0.25, -0.2) is 15.0 Å². The van der Waals surface area contributed by atoms with Gasteiger partial charge in [0, 0.05) is 0 Å². The van der Waals surface area contributed by atoms with Crippen molar-refractivity contribution in [3.8, 4) is 0 Å². The van der Waals surface area contributed by atoms with Gasteiger partial charge >= 0.3 is 0 Å². The van der Waals surface area contributed by atoms with Gasteiger partial charge in [0.1, 0.15) is 5.52 Å². The minimum Gasteiger partial charge on any atom is -0.382 e. The number of H-pyrrole nitrogens is 1. The van der Waals surface area contributed by atoms with Gasteiger partial charge < -0.3 is 10.7 Å². The molecule has 5 nitrogen and oxygen atoms in total. The van der Waals surface area contributed by atoms with Gasteiger partial charge in [0.15, 0.2) is 16.7 Å². The van der Waals surface area contributed by atoms with Crippen LogP contribution in [0.3, 0.4) is 0 Å². The van der Waals surface area contributed by atoms with Gasteiger partial charge in [0.25, 0.3) is 0 Å². The summed E-state index contributed by atoms with van der Waals surface area (Å²) in [5, 5.41) is 0. The third-order valence-electron chi connectivity index (χ3n) is 1.57. The highest BCUT2D eigenvalue weighted by molar-refractivity contribution is 14.3. The second-order valence-corrected chi connectivity index (χ2v) is 13.6. The fraction of sp³-hybridized carbons (Fsp3) is 0.167. The molecule has 2 rings (SSSR count). The van der Waals surface area contributed by atoms with Crippen LogP contribution in [0.1, 0.15) is 5.82 Å². The van der Waals surface area contributed by atoms with Crippen LogP contribution in [0.2, 0.25) is 0 Å². The van der Waals surface area contributed by atoms with Crippen LogP contribution in [0, 0.1) is 0 Å². The number of imidazole rings is 1. The Balaban J connectivity index is 2.70. The number of halogens is 3. The van der Waals surface area contributed by atoms with E-state index in [4.69, 9.17) is 5.73 Å². The molecule has 0 saturated heterocycles. The number of rotatable bonds is 1. The quantitative estimate of drug-likeness (QED) is 0.442. The number of nitrogen functional groups attached to an aromatic ring is 1. The van der Waals surface area contributed by atoms with Crippen LogP contribution < -0.4 is 5.73 Å². The Kier molecular flexibility index (Phi) is 3.03. The largest absolute Gasteiger partial charge is 0.382 e. The maximum Gasteiger partial charge on any atom is 0.183 e. The predicted octanol–water partition coefficient (Wildman–Crippen LogP) is 2.35. The molecule has 0 unspecified atom stereocenters. The zero-order chi connectivity index (χ0) is 10.3. The lowest BCUT2D eigenvalue weighted by molar-refractivity contribution is 1.07. The van der Waals surface area contributed by atoms with Crippen molar-refractivity contribution >= 4 is 84.8 Å². The molecular formula is C6H4I3N5. The summed E-state index contributed by atoms with van der Waals surface area (Å²) in [6.07, 6.45) is 1.56. The lowest BCUT2D eigenvalue weighted by atomic mass is 10.5. The van der Waals surface area contributed by atoms with Crippen molar-refractivity contribution in [2.75, 3.05) is 5.73 Å². The highest BCUT2D eigenvalue weighted by atomic mass is 127. The summed E-state index contributed by atoms with van der Waals surface area (Å²) in [5.74, 6) is 1.12. The third kappa shape index (κ3) is 2.05. The summed E-state index contributed by atoms with van der Waals surface area (Å²) in [6, 6.07) is 0. The molecule has 0 aliphatic rings. The molecule has 0 aliphatic heterocycles. The van der Waals surface area contributed by atoms with E-state index in [1.54, 1.807) is 6.33 Å². The van der Waals surface area contributed by atoms with E-state index in [9.17, 15) is 0 Å². The molecule has 0 saturated carbocycles. The van der Waals surface area contributed by atoms with Crippen molar-refractivity contribution in [2.45, 2.75) is -0.565 Å². The number of hydrogen-bond donors (Lipinski definition) is 2. The Bertz CT molecular complexity index is 474. The maximum atomic E-state index is 5.77. The molecule has 2 heterocycles. The molecule has 0 spiro atoms. The van der Waals surface area contributed by atoms with E-state index in [1.165, 1.54) is 0 Å². The average molecular weight is 527 g/mol. The summed E-state index contributed by atoms with van der Waals surface area (Å²) < 4.78 is -0.200. The van der Waals surface area contributed by atoms with Crippen molar-refractivity contribution in [3.63, 3.8) is 0 Å². The van der Waals surface area contributed by atoms with Gasteiger partial charge in [0.2, 0.25) is 0 Å². The number of nitrogens with zero attached hydrogens (tertiary/aromatic N) is 3. The Hall–Kier alpha value is 0.540. The summed E-state index contributed by atoms with van der Waals surface area (Å²) in [4.78, 5) is 15.5. The molecule has 2 aromatic heterocycles. The van der Waals surface area contributed by atoms with Crippen LogP contribution in [-0.4, -0.2) is 19.9 Å². The second kappa shape index (κ2) is 3.84. The number of nitrogens with one attached hydrogen (secondary N) is 1. The van der Waals surface area contributed by atoms with Crippen LogP contribution in [0.5, 0.6) is 0 Å². The minimum absolute atomic E-state index is 0.200. The number of aromatic nitrogens is 4. The summed E-state index contributed by atoms with van der Waals surface area (Å²) in [5.41, 5.74) is 7.08. The highest BCUT2D eigenvalue weighted by Gasteiger charge is 2.25. The first-order valence-corrected chi connectivity index (χ1v) is 6.76. The van der Waals surface area contributed by atoms with Gasteiger partial charge in [-0.3, -0.25) is 0 Å². The van der Waals surface area contributed by atoms with Crippen molar-refractivity contribution < 1.29 is 0 Å². The molecule has 3 N–H and O–H groups in total. The van der Waals surface area contributed by atoms with Crippen molar-refractivity contribution in [3.05, 3.63) is 12.2 Å². The smallest absolute Gasteiger partial charge is 0.183 e. The molecule has 8 heteroatoms. The Morgan fingerprint density at radius 3 is 2.64 bits per heavy atom. The van der Waals surface area contributed by atoms with Crippen molar-refractivity contribution in [1.29, 1.82) is 0 Å². The number of alkyl halides is 3. The molecular weight excluding hydrogens is 523 g/mol. The zero-order valence-electron chi connectivity index (χ0n) is 6.63. The van der Waals surface area contributed by atoms with Gasteiger partial charge in [-0.15, -0.1) is 0 Å². The van der Waals surface area contributed by atoms with E-state index in [0.29, 0.717) is 22.8 Å². The molecule has 2 aromatic rings. The van der Waals surface area contributed by atoms with Crippen LogP contribution in [0.25, 0.3) is 11.2 Å². The Morgan fingerprint density at radius 2 is 2.00 bits per heavy atom. The number of aromatic amines is 1. The summed E-state index contributed by atoms with van der Waals surface area (Å²) in [6.45, 7) is 0. The summed E-state index contributed by atoms with van der Waals surface area (Å²) in [7, 11) is 0. The average Bonchev–Trinajstić information content (AvgIpc) is 2.50. The van der Waals surface area contributed by atoms with Crippen molar-refractivity contribution in [2.24, 2.45) is 0 Å². The molecule has 74 valence electrons. The van der Waals surface area contributed by atoms with E-state index >= 15 is 0 Å². The van der Waals surface area contributed by atoms with E-state index in [1.807, 2.05) is 0 Å². The van der Waals surface area contributed by atoms with Gasteiger partial charge in [-0.1, -0.05) is 0 Å². The van der Waals surface area contributed by atoms with E-state index < -0.39 is 0 Å². The molecule has 0 atom stereocenters. The van der Waals surface area contributed by atoms with Crippen LogP contribution in [0.15, 0.2) is 6.33 Å². The lowest BCUT2D eigenvalue weighted by Crippen LogP contribution is -2.07. The topological polar surface area (TPSA) is 80.5 Å². The highest BCUT2D eigenvalue weighted by Crippen LogP contribution is 2.44. The van der Waals surface area contributed by atoms with Crippen LogP contribution >= 0.6 is 67.8 Å². The third-order valence-corrected chi connectivity index (χ3v) is 3.01. The monoisotopic (exact) mass is 527 g/mol. The normalized spacial score (nSPS) is 12.2. The Labute approximate surface area is 120 Å².